The largest absolute Gasteiger partial charge is 0.506 e. The predicted molar refractivity (Wildman–Crippen MR) is 105 cm³/mol. The Bertz CT molecular complexity index is 1040. The Labute approximate surface area is 166 Å². The SMILES string of the molecule is C/C=C(\C)c1c(Cl)c(O)c(C)c2c1Oc1c(Cl)c(O)c(C)c(C)c1OC2=O. The molecule has 7 heteroatoms. The summed E-state index contributed by atoms with van der Waals surface area (Å²) >= 11 is 12.6. The Hall–Kier alpha value is -2.37. The summed E-state index contributed by atoms with van der Waals surface area (Å²) < 4.78 is 11.6. The van der Waals surface area contributed by atoms with Crippen LogP contribution in [0.15, 0.2) is 6.08 Å². The van der Waals surface area contributed by atoms with Crippen LogP contribution in [0.4, 0.5) is 0 Å². The molecular weight excluding hydrogens is 391 g/mol. The average molecular weight is 409 g/mol. The zero-order valence-corrected chi connectivity index (χ0v) is 17.0. The van der Waals surface area contributed by atoms with Crippen molar-refractivity contribution in [2.24, 2.45) is 0 Å². The van der Waals surface area contributed by atoms with Crippen molar-refractivity contribution >= 4 is 34.7 Å². The number of benzene rings is 2. The molecule has 0 unspecified atom stereocenters. The summed E-state index contributed by atoms with van der Waals surface area (Å²) in [4.78, 5) is 12.9. The molecule has 0 radical (unpaired) electrons. The van der Waals surface area contributed by atoms with Gasteiger partial charge in [0.25, 0.3) is 0 Å². The molecule has 5 nitrogen and oxygen atoms in total. The van der Waals surface area contributed by atoms with Gasteiger partial charge in [-0.1, -0.05) is 29.3 Å². The lowest BCUT2D eigenvalue weighted by Gasteiger charge is -2.18. The lowest BCUT2D eigenvalue weighted by Crippen LogP contribution is -2.11. The summed E-state index contributed by atoms with van der Waals surface area (Å²) in [5.41, 5.74) is 2.32. The molecule has 0 amide bonds. The molecule has 2 N–H and O–H groups in total. The molecule has 0 fully saturated rings. The molecule has 0 bridgehead atoms. The van der Waals surface area contributed by atoms with Crippen LogP contribution < -0.4 is 9.47 Å². The van der Waals surface area contributed by atoms with E-state index >= 15 is 0 Å². The highest BCUT2D eigenvalue weighted by Crippen LogP contribution is 2.54. The van der Waals surface area contributed by atoms with Crippen molar-refractivity contribution < 1.29 is 24.5 Å². The molecule has 3 rings (SSSR count). The molecule has 1 heterocycles. The van der Waals surface area contributed by atoms with E-state index in [1.165, 1.54) is 0 Å². The van der Waals surface area contributed by atoms with Crippen molar-refractivity contribution in [1.82, 2.24) is 0 Å². The molecular formula is C20H18Cl2O5. The summed E-state index contributed by atoms with van der Waals surface area (Å²) in [7, 11) is 0. The fourth-order valence-corrected chi connectivity index (χ4v) is 3.63. The number of fused-ring (bicyclic) bond motifs is 2. The van der Waals surface area contributed by atoms with Crippen molar-refractivity contribution in [2.45, 2.75) is 34.6 Å². The number of halogens is 2. The van der Waals surface area contributed by atoms with Crippen LogP contribution in [0.1, 0.15) is 46.5 Å². The van der Waals surface area contributed by atoms with Crippen molar-refractivity contribution in [2.75, 3.05) is 0 Å². The summed E-state index contributed by atoms with van der Waals surface area (Å²) in [6.07, 6.45) is 1.77. The van der Waals surface area contributed by atoms with Gasteiger partial charge in [-0.15, -0.1) is 0 Å². The Morgan fingerprint density at radius 2 is 1.48 bits per heavy atom. The van der Waals surface area contributed by atoms with E-state index in [2.05, 4.69) is 0 Å². The van der Waals surface area contributed by atoms with E-state index in [0.717, 1.165) is 0 Å². The molecule has 0 aromatic heterocycles. The van der Waals surface area contributed by atoms with E-state index in [1.807, 2.05) is 0 Å². The molecule has 0 spiro atoms. The molecule has 2 aromatic carbocycles. The number of hydrogen-bond donors (Lipinski definition) is 2. The van der Waals surface area contributed by atoms with Crippen LogP contribution in [0.5, 0.6) is 28.7 Å². The highest BCUT2D eigenvalue weighted by Gasteiger charge is 2.35. The van der Waals surface area contributed by atoms with Gasteiger partial charge in [0.1, 0.15) is 22.1 Å². The third-order valence-electron chi connectivity index (χ3n) is 4.91. The molecule has 0 atom stereocenters. The van der Waals surface area contributed by atoms with Gasteiger partial charge in [0.05, 0.1) is 5.02 Å². The average Bonchev–Trinajstić information content (AvgIpc) is 2.79. The Morgan fingerprint density at radius 1 is 0.889 bits per heavy atom. The van der Waals surface area contributed by atoms with Crippen molar-refractivity contribution in [3.05, 3.63) is 43.9 Å². The molecule has 0 aliphatic carbocycles. The number of phenolic OH excluding ortho intramolecular Hbond substituents is 2. The minimum atomic E-state index is -0.706. The second-order valence-electron chi connectivity index (χ2n) is 6.40. The van der Waals surface area contributed by atoms with E-state index in [-0.39, 0.29) is 49.9 Å². The lowest BCUT2D eigenvalue weighted by atomic mass is 9.97. The Balaban J connectivity index is 2.46. The third-order valence-corrected chi connectivity index (χ3v) is 5.63. The molecule has 0 saturated heterocycles. The van der Waals surface area contributed by atoms with Crippen LogP contribution in [-0.2, 0) is 0 Å². The van der Waals surface area contributed by atoms with Gasteiger partial charge in [-0.05, 0) is 45.8 Å². The first-order chi connectivity index (χ1) is 12.6. The van der Waals surface area contributed by atoms with Crippen molar-refractivity contribution in [3.8, 4) is 28.7 Å². The summed E-state index contributed by atoms with van der Waals surface area (Å²) in [6.45, 7) is 8.46. The summed E-state index contributed by atoms with van der Waals surface area (Å²) in [6, 6.07) is 0. The highest BCUT2D eigenvalue weighted by atomic mass is 35.5. The number of phenols is 2. The molecule has 2 aromatic rings. The number of carbonyl (C=O) groups excluding carboxylic acids is 1. The van der Waals surface area contributed by atoms with Gasteiger partial charge in [-0.3, -0.25) is 0 Å². The van der Waals surface area contributed by atoms with Crippen LogP contribution in [0.3, 0.4) is 0 Å². The predicted octanol–water partition coefficient (Wildman–Crippen LogP) is 6.08. The number of allylic oxidation sites excluding steroid dienone is 2. The topological polar surface area (TPSA) is 76.0 Å². The van der Waals surface area contributed by atoms with E-state index in [1.54, 1.807) is 40.7 Å². The van der Waals surface area contributed by atoms with Gasteiger partial charge in [0.2, 0.25) is 0 Å². The second kappa shape index (κ2) is 6.66. The van der Waals surface area contributed by atoms with Gasteiger partial charge < -0.3 is 19.7 Å². The number of esters is 1. The molecule has 1 aliphatic rings. The van der Waals surface area contributed by atoms with E-state index in [9.17, 15) is 15.0 Å². The second-order valence-corrected chi connectivity index (χ2v) is 7.16. The fourth-order valence-electron chi connectivity index (χ4n) is 2.99. The number of rotatable bonds is 1. The summed E-state index contributed by atoms with van der Waals surface area (Å²) in [5, 5.41) is 20.7. The van der Waals surface area contributed by atoms with E-state index < -0.39 is 5.97 Å². The van der Waals surface area contributed by atoms with Gasteiger partial charge in [-0.25, -0.2) is 4.79 Å². The van der Waals surface area contributed by atoms with Gasteiger partial charge >= 0.3 is 5.97 Å². The number of hydrogen-bond acceptors (Lipinski definition) is 5. The molecule has 142 valence electrons. The smallest absolute Gasteiger partial charge is 0.347 e. The first kappa shape index (κ1) is 19.4. The first-order valence-corrected chi connectivity index (χ1v) is 8.97. The zero-order valence-electron chi connectivity index (χ0n) is 15.5. The van der Waals surface area contributed by atoms with Crippen molar-refractivity contribution in [1.29, 1.82) is 0 Å². The van der Waals surface area contributed by atoms with Crippen LogP contribution >= 0.6 is 23.2 Å². The molecule has 0 saturated carbocycles. The number of ether oxygens (including phenoxy) is 2. The van der Waals surface area contributed by atoms with Crippen LogP contribution in [0.25, 0.3) is 5.57 Å². The van der Waals surface area contributed by atoms with Crippen LogP contribution in [0.2, 0.25) is 10.0 Å². The highest BCUT2D eigenvalue weighted by molar-refractivity contribution is 6.35. The van der Waals surface area contributed by atoms with Crippen LogP contribution in [-0.4, -0.2) is 16.2 Å². The van der Waals surface area contributed by atoms with Gasteiger partial charge in [0.15, 0.2) is 17.2 Å². The maximum absolute atomic E-state index is 12.9. The Morgan fingerprint density at radius 3 is 2.07 bits per heavy atom. The normalized spacial score (nSPS) is 13.4. The lowest BCUT2D eigenvalue weighted by molar-refractivity contribution is 0.0735. The van der Waals surface area contributed by atoms with E-state index in [4.69, 9.17) is 32.7 Å². The Kier molecular flexibility index (Phi) is 4.78. The quantitative estimate of drug-likeness (QED) is 0.441. The zero-order chi connectivity index (χ0) is 20.2. The summed E-state index contributed by atoms with van der Waals surface area (Å²) in [5.74, 6) is -0.814. The monoisotopic (exact) mass is 408 g/mol. The van der Waals surface area contributed by atoms with Crippen molar-refractivity contribution in [3.63, 3.8) is 0 Å². The number of carbonyl (C=O) groups is 1. The maximum Gasteiger partial charge on any atom is 0.347 e. The van der Waals surface area contributed by atoms with E-state index in [0.29, 0.717) is 22.3 Å². The number of aromatic hydroxyl groups is 2. The van der Waals surface area contributed by atoms with Crippen LogP contribution in [0, 0.1) is 20.8 Å². The first-order valence-electron chi connectivity index (χ1n) is 8.21. The fraction of sp³-hybridized carbons (Fsp3) is 0.250. The minimum Gasteiger partial charge on any atom is -0.506 e. The minimum absolute atomic E-state index is 0.0238. The van der Waals surface area contributed by atoms with Gasteiger partial charge in [-0.2, -0.15) is 0 Å². The standard InChI is InChI=1S/C20H18Cl2O5/c1-6-7(2)11-13(21)16(24)10(5)12-18(11)26-19-14(22)15(23)8(3)9(4)17(19)27-20(12)25/h6,23-24H,1-5H3/b7-6+. The molecule has 27 heavy (non-hydrogen) atoms. The molecule has 1 aliphatic heterocycles. The third kappa shape index (κ3) is 2.73. The maximum atomic E-state index is 12.9. The van der Waals surface area contributed by atoms with Gasteiger partial charge in [0, 0.05) is 16.7 Å².